The second-order valence-electron chi connectivity index (χ2n) is 11.8. The minimum Gasteiger partial charge on any atom is -0.382 e. The number of aromatic nitrogens is 7. The number of carbonyl (C=O) groups is 2. The maximum atomic E-state index is 13.5. The molecule has 5 rings (SSSR count). The number of ketones is 1. The second-order valence-corrected chi connectivity index (χ2v) is 12.3. The molecule has 1 aliphatic carbocycles. The summed E-state index contributed by atoms with van der Waals surface area (Å²) in [6.07, 6.45) is -6.14. The third-order valence-electron chi connectivity index (χ3n) is 7.25. The lowest BCUT2D eigenvalue weighted by Gasteiger charge is -2.17. The summed E-state index contributed by atoms with van der Waals surface area (Å²) in [5.74, 6) is -1.76. The predicted octanol–water partition coefficient (Wildman–Crippen LogP) is 2.85. The van der Waals surface area contributed by atoms with Crippen LogP contribution in [0.4, 0.5) is 17.6 Å². The maximum absolute atomic E-state index is 13.5. The lowest BCUT2D eigenvalue weighted by Crippen LogP contribution is -2.37. The van der Waals surface area contributed by atoms with E-state index in [1.165, 1.54) is 42.7 Å². The van der Waals surface area contributed by atoms with Gasteiger partial charge in [0.2, 0.25) is 0 Å². The van der Waals surface area contributed by atoms with E-state index >= 15 is 0 Å². The number of Topliss-reactive ketones (excluding diaryl/α,β-unsaturated/α-hetero) is 1. The normalized spacial score (nSPS) is 17.0. The average Bonchev–Trinajstić information content (AvgIpc) is 3.39. The highest BCUT2D eigenvalue weighted by Gasteiger charge is 2.40. The quantitative estimate of drug-likeness (QED) is 0.150. The summed E-state index contributed by atoms with van der Waals surface area (Å²) in [6, 6.07) is 6.48. The van der Waals surface area contributed by atoms with Gasteiger partial charge in [0.25, 0.3) is 5.91 Å². The number of hydrogen-bond donors (Lipinski definition) is 3. The molecule has 0 bridgehead atoms. The number of rotatable bonds is 12. The van der Waals surface area contributed by atoms with Crippen LogP contribution in [0, 0.1) is 0 Å². The number of alkyl halides is 4. The van der Waals surface area contributed by atoms with E-state index < -0.39 is 60.5 Å². The predicted molar refractivity (Wildman–Crippen MR) is 160 cm³/mol. The monoisotopic (exact) mass is 679 g/mol. The SMILES string of the molecule is CC(C)(N)CCC(=O)c1nc(Cn2nc(-c3ccc(Cl)cc3)n(C[C@H](O)C(F)(F)F)c2=O)nn1-c1cnccc1C(=O)N[C@H]1C[C@H]1F. The molecular weight excluding hydrogens is 650 g/mol. The summed E-state index contributed by atoms with van der Waals surface area (Å²) in [7, 11) is 0. The summed E-state index contributed by atoms with van der Waals surface area (Å²) in [6.45, 7) is 1.78. The van der Waals surface area contributed by atoms with Crippen LogP contribution in [0.1, 0.15) is 59.9 Å². The van der Waals surface area contributed by atoms with Gasteiger partial charge in [0.05, 0.1) is 30.0 Å². The Labute approximate surface area is 269 Å². The van der Waals surface area contributed by atoms with Crippen molar-refractivity contribution in [3.05, 3.63) is 75.4 Å². The van der Waals surface area contributed by atoms with Crippen LogP contribution in [0.15, 0.2) is 47.5 Å². The fourth-order valence-corrected chi connectivity index (χ4v) is 4.68. The van der Waals surface area contributed by atoms with Crippen molar-refractivity contribution in [2.75, 3.05) is 0 Å². The molecular formula is C29H30ClF4N9O4. The number of pyridine rings is 1. The molecule has 250 valence electrons. The highest BCUT2D eigenvalue weighted by Crippen LogP contribution is 2.27. The smallest absolute Gasteiger partial charge is 0.382 e. The van der Waals surface area contributed by atoms with Crippen molar-refractivity contribution < 1.29 is 32.3 Å². The number of nitrogens with one attached hydrogen (secondary N) is 1. The summed E-state index contributed by atoms with van der Waals surface area (Å²) >= 11 is 5.95. The molecule has 1 aliphatic rings. The molecule has 0 spiro atoms. The van der Waals surface area contributed by atoms with Gasteiger partial charge in [-0.25, -0.2) is 23.5 Å². The lowest BCUT2D eigenvalue weighted by atomic mass is 9.98. The van der Waals surface area contributed by atoms with Gasteiger partial charge in [-0.05, 0) is 50.6 Å². The number of aliphatic hydroxyl groups is 1. The molecule has 1 amide bonds. The number of amides is 1. The molecule has 47 heavy (non-hydrogen) atoms. The zero-order chi connectivity index (χ0) is 34.3. The third-order valence-corrected chi connectivity index (χ3v) is 7.50. The van der Waals surface area contributed by atoms with Crippen LogP contribution in [0.3, 0.4) is 0 Å². The number of carbonyl (C=O) groups excluding carboxylic acids is 2. The molecule has 0 saturated heterocycles. The molecule has 1 aromatic carbocycles. The Morgan fingerprint density at radius 2 is 1.85 bits per heavy atom. The second kappa shape index (κ2) is 13.0. The summed E-state index contributed by atoms with van der Waals surface area (Å²) in [5.41, 5.74) is 4.59. The van der Waals surface area contributed by atoms with E-state index in [-0.39, 0.29) is 53.5 Å². The molecule has 13 nitrogen and oxygen atoms in total. The van der Waals surface area contributed by atoms with Crippen molar-refractivity contribution in [2.24, 2.45) is 5.73 Å². The number of halogens is 5. The van der Waals surface area contributed by atoms with Crippen molar-refractivity contribution in [2.45, 2.75) is 76.2 Å². The minimum absolute atomic E-state index is 0.0105. The first-order chi connectivity index (χ1) is 22.0. The molecule has 3 heterocycles. The van der Waals surface area contributed by atoms with E-state index in [0.29, 0.717) is 9.59 Å². The van der Waals surface area contributed by atoms with Crippen molar-refractivity contribution in [3.63, 3.8) is 0 Å². The molecule has 18 heteroatoms. The van der Waals surface area contributed by atoms with Crippen molar-refractivity contribution >= 4 is 23.3 Å². The topological polar surface area (TPSA) is 176 Å². The van der Waals surface area contributed by atoms with Crippen LogP contribution < -0.4 is 16.7 Å². The van der Waals surface area contributed by atoms with E-state index in [9.17, 15) is 37.1 Å². The molecule has 0 aliphatic heterocycles. The molecule has 4 aromatic rings. The van der Waals surface area contributed by atoms with E-state index in [0.717, 1.165) is 9.36 Å². The van der Waals surface area contributed by atoms with Gasteiger partial charge in [-0.2, -0.15) is 13.2 Å². The van der Waals surface area contributed by atoms with Crippen molar-refractivity contribution in [3.8, 4) is 17.1 Å². The molecule has 4 N–H and O–H groups in total. The number of hydrogen-bond acceptors (Lipinski definition) is 9. The van der Waals surface area contributed by atoms with Crippen LogP contribution in [0.25, 0.3) is 17.1 Å². The summed E-state index contributed by atoms with van der Waals surface area (Å²) in [4.78, 5) is 48.2. The van der Waals surface area contributed by atoms with Crippen molar-refractivity contribution in [1.29, 1.82) is 0 Å². The Morgan fingerprint density at radius 1 is 1.17 bits per heavy atom. The van der Waals surface area contributed by atoms with Gasteiger partial charge in [-0.3, -0.25) is 19.1 Å². The van der Waals surface area contributed by atoms with Crippen LogP contribution in [-0.4, -0.2) is 80.9 Å². The van der Waals surface area contributed by atoms with E-state index in [1.807, 2.05) is 0 Å². The molecule has 3 atom stereocenters. The first-order valence-corrected chi connectivity index (χ1v) is 14.8. The van der Waals surface area contributed by atoms with Gasteiger partial charge < -0.3 is 16.2 Å². The largest absolute Gasteiger partial charge is 0.416 e. The Kier molecular flexibility index (Phi) is 9.34. The molecule has 0 radical (unpaired) electrons. The molecule has 1 saturated carbocycles. The van der Waals surface area contributed by atoms with E-state index in [2.05, 4.69) is 25.5 Å². The fraction of sp³-hybridized carbons (Fsp3) is 0.414. The lowest BCUT2D eigenvalue weighted by molar-refractivity contribution is -0.207. The zero-order valence-corrected chi connectivity index (χ0v) is 25.8. The van der Waals surface area contributed by atoms with Crippen LogP contribution in [0.2, 0.25) is 5.02 Å². The first kappa shape index (κ1) is 33.9. The van der Waals surface area contributed by atoms with Gasteiger partial charge in [-0.1, -0.05) is 11.6 Å². The van der Waals surface area contributed by atoms with Crippen LogP contribution in [0.5, 0.6) is 0 Å². The fourth-order valence-electron chi connectivity index (χ4n) is 4.56. The summed E-state index contributed by atoms with van der Waals surface area (Å²) in [5, 5.41) is 21.2. The first-order valence-electron chi connectivity index (χ1n) is 14.4. The van der Waals surface area contributed by atoms with E-state index in [4.69, 9.17) is 17.3 Å². The Bertz CT molecular complexity index is 1850. The average molecular weight is 680 g/mol. The van der Waals surface area contributed by atoms with Gasteiger partial charge >= 0.3 is 11.9 Å². The zero-order valence-electron chi connectivity index (χ0n) is 25.1. The van der Waals surface area contributed by atoms with Gasteiger partial charge in [0.1, 0.15) is 12.7 Å². The Hall–Kier alpha value is -4.48. The highest BCUT2D eigenvalue weighted by molar-refractivity contribution is 6.30. The van der Waals surface area contributed by atoms with Crippen LogP contribution >= 0.6 is 11.6 Å². The van der Waals surface area contributed by atoms with Crippen LogP contribution in [-0.2, 0) is 13.1 Å². The summed E-state index contributed by atoms with van der Waals surface area (Å²) < 4.78 is 55.9. The number of nitrogens with two attached hydrogens (primary N) is 1. The van der Waals surface area contributed by atoms with Gasteiger partial charge in [0.15, 0.2) is 29.4 Å². The minimum atomic E-state index is -5.02. The maximum Gasteiger partial charge on any atom is 0.416 e. The number of aliphatic hydroxyl groups excluding tert-OH is 1. The standard InChI is InChI=1S/C29H30ClF4N9O4/c1-28(2,35)9-7-21(44)25-38-23(39-43(25)20-12-36-10-8-17(20)26(46)37-19-11-18(19)31)14-42-27(47)41(13-22(45)29(32,33)34)24(40-42)15-3-5-16(30)6-4-15/h3-6,8,10,12,18-19,22,45H,7,9,11,13-14,35H2,1-2H3,(H,37,46)/t18-,19+,22+/m1/s1. The number of nitrogens with zero attached hydrogens (tertiary/aromatic N) is 7. The Balaban J connectivity index is 1.56. The van der Waals surface area contributed by atoms with E-state index in [1.54, 1.807) is 13.8 Å². The Morgan fingerprint density at radius 3 is 2.47 bits per heavy atom. The molecule has 3 aromatic heterocycles. The molecule has 0 unspecified atom stereocenters. The van der Waals surface area contributed by atoms with Gasteiger partial charge in [-0.15, -0.1) is 10.2 Å². The number of benzene rings is 1. The van der Waals surface area contributed by atoms with Gasteiger partial charge in [0, 0.05) is 35.2 Å². The highest BCUT2D eigenvalue weighted by atomic mass is 35.5. The van der Waals surface area contributed by atoms with Crippen molar-refractivity contribution in [1.82, 2.24) is 39.4 Å². The third kappa shape index (κ3) is 7.91. The molecule has 1 fully saturated rings.